The molecule has 2 atom stereocenters. The molecule has 1 saturated carbocycles. The van der Waals surface area contributed by atoms with Gasteiger partial charge in [-0.1, -0.05) is 170 Å². The van der Waals surface area contributed by atoms with E-state index < -0.39 is 52.2 Å². The van der Waals surface area contributed by atoms with Crippen molar-refractivity contribution in [3.05, 3.63) is 203 Å². The average Bonchev–Trinajstić information content (AvgIpc) is 4.07. The fourth-order valence-corrected chi connectivity index (χ4v) is 10.1. The van der Waals surface area contributed by atoms with Crippen LogP contribution in [0.25, 0.3) is 11.1 Å². The van der Waals surface area contributed by atoms with Crippen LogP contribution >= 0.6 is 11.8 Å². The molecule has 0 unspecified atom stereocenters. The maximum Gasteiger partial charge on any atom is 0.407 e. The highest BCUT2D eigenvalue weighted by atomic mass is 32.2. The fraction of sp³-hybridized carbons (Fsp3) is 0.226. The summed E-state index contributed by atoms with van der Waals surface area (Å²) < 4.78 is 9.75. The van der Waals surface area contributed by atoms with E-state index in [1.807, 2.05) is 158 Å². The molecule has 0 aliphatic heterocycles. The van der Waals surface area contributed by atoms with Crippen LogP contribution in [0.2, 0.25) is 0 Å². The Hall–Kier alpha value is -7.18. The zero-order chi connectivity index (χ0) is 45.2. The Morgan fingerprint density at radius 1 is 0.631 bits per heavy atom. The number of hydrogen-bond donors (Lipinski definition) is 4. The number of ether oxygens (including phenoxy) is 2. The maximum absolute atomic E-state index is 14.7. The number of amides is 4. The van der Waals surface area contributed by atoms with Crippen LogP contribution in [-0.4, -0.2) is 73.4 Å². The van der Waals surface area contributed by atoms with Gasteiger partial charge >= 0.3 is 12.1 Å². The topological polar surface area (TPSA) is 152 Å². The lowest BCUT2D eigenvalue weighted by Gasteiger charge is -2.37. The quantitative estimate of drug-likeness (QED) is 0.0520. The summed E-state index contributed by atoms with van der Waals surface area (Å²) >= 11 is 1.47. The SMILES string of the molecule is COC(=O)CNC(=O)C1(NC(=O)[C@@H](CSC(c2ccccc2)(c2ccccc2)c2ccccc2)NC(=O)[C@@H](Cc2ccccc2)NC(=O)OCC2c3ccccc3-c3ccccc32)CC1. The number of alkyl carbamates (subject to hydrolysis) is 1. The molecule has 6 aromatic carbocycles. The molecule has 0 aromatic heterocycles. The predicted molar refractivity (Wildman–Crippen MR) is 251 cm³/mol. The van der Waals surface area contributed by atoms with Gasteiger partial charge in [-0.15, -0.1) is 11.8 Å². The summed E-state index contributed by atoms with van der Waals surface area (Å²) in [6.07, 6.45) is -0.0164. The molecule has 11 nitrogen and oxygen atoms in total. The van der Waals surface area contributed by atoms with E-state index in [-0.39, 0.29) is 31.2 Å². The minimum absolute atomic E-state index is 0.0408. The molecular formula is C53H50N4O7S. The maximum atomic E-state index is 14.7. The lowest BCUT2D eigenvalue weighted by atomic mass is 9.84. The highest BCUT2D eigenvalue weighted by Crippen LogP contribution is 2.49. The van der Waals surface area contributed by atoms with Crippen molar-refractivity contribution in [3.8, 4) is 11.1 Å². The summed E-state index contributed by atoms with van der Waals surface area (Å²) in [6, 6.07) is 52.9. The van der Waals surface area contributed by atoms with Gasteiger partial charge in [-0.2, -0.15) is 0 Å². The molecule has 0 radical (unpaired) electrons. The van der Waals surface area contributed by atoms with Gasteiger partial charge < -0.3 is 30.7 Å². The molecule has 0 bridgehead atoms. The summed E-state index contributed by atoms with van der Waals surface area (Å²) in [5, 5.41) is 11.3. The van der Waals surface area contributed by atoms with Gasteiger partial charge in [0.2, 0.25) is 17.7 Å². The Morgan fingerprint density at radius 2 is 1.12 bits per heavy atom. The number of benzene rings is 6. The van der Waals surface area contributed by atoms with Crippen LogP contribution in [0.5, 0.6) is 0 Å². The van der Waals surface area contributed by atoms with Crippen LogP contribution in [0.4, 0.5) is 4.79 Å². The second kappa shape index (κ2) is 20.1. The molecule has 330 valence electrons. The molecule has 1 fully saturated rings. The molecule has 4 amide bonds. The standard InChI is InChI=1S/C53H50N4O7S/c1-63-47(58)33-54-50(61)52(30-31-52)57-49(60)46(35-65-53(37-20-8-3-9-21-37,38-22-10-4-11-23-38)39-24-12-5-13-25-39)55-48(59)45(32-36-18-6-2-7-19-36)56-51(62)64-34-44-42-28-16-14-26-40(42)41-27-15-17-29-43(41)44/h2-29,44-46H,30-35H2,1H3,(H,54,61)(H,55,59)(H,56,62)(H,57,60)/t45-,46-/m1/s1. The largest absolute Gasteiger partial charge is 0.468 e. The van der Waals surface area contributed by atoms with Crippen molar-refractivity contribution in [1.29, 1.82) is 0 Å². The van der Waals surface area contributed by atoms with E-state index in [0.717, 1.165) is 44.5 Å². The molecule has 2 aliphatic carbocycles. The van der Waals surface area contributed by atoms with Crippen molar-refractivity contribution in [2.45, 2.75) is 47.6 Å². The van der Waals surface area contributed by atoms with E-state index in [0.29, 0.717) is 12.8 Å². The number of rotatable bonds is 18. The second-order valence-corrected chi connectivity index (χ2v) is 17.4. The Kier molecular flexibility index (Phi) is 13.7. The van der Waals surface area contributed by atoms with Crippen LogP contribution < -0.4 is 21.3 Å². The number of fused-ring (bicyclic) bond motifs is 3. The van der Waals surface area contributed by atoms with Crippen molar-refractivity contribution in [2.75, 3.05) is 26.0 Å². The van der Waals surface area contributed by atoms with E-state index >= 15 is 0 Å². The number of methoxy groups -OCH3 is 1. The third-order valence-electron chi connectivity index (χ3n) is 12.0. The fourth-order valence-electron chi connectivity index (χ4n) is 8.52. The molecule has 12 heteroatoms. The first-order chi connectivity index (χ1) is 31.7. The molecule has 6 aromatic rings. The summed E-state index contributed by atoms with van der Waals surface area (Å²) in [5.74, 6) is -2.53. The van der Waals surface area contributed by atoms with Crippen molar-refractivity contribution in [3.63, 3.8) is 0 Å². The van der Waals surface area contributed by atoms with Crippen molar-refractivity contribution < 1.29 is 33.4 Å². The average molecular weight is 887 g/mol. The first-order valence-corrected chi connectivity index (χ1v) is 22.6. The van der Waals surface area contributed by atoms with Crippen molar-refractivity contribution in [2.24, 2.45) is 0 Å². The van der Waals surface area contributed by atoms with Gasteiger partial charge in [0, 0.05) is 18.1 Å². The number of esters is 1. The van der Waals surface area contributed by atoms with Crippen LogP contribution in [0.3, 0.4) is 0 Å². The number of thioether (sulfide) groups is 1. The minimum Gasteiger partial charge on any atom is -0.468 e. The molecule has 0 saturated heterocycles. The van der Waals surface area contributed by atoms with Gasteiger partial charge in [0.25, 0.3) is 0 Å². The summed E-state index contributed by atoms with van der Waals surface area (Å²) in [7, 11) is 1.22. The van der Waals surface area contributed by atoms with E-state index in [1.165, 1.54) is 18.9 Å². The summed E-state index contributed by atoms with van der Waals surface area (Å²) in [5.41, 5.74) is 6.63. The van der Waals surface area contributed by atoms with Crippen molar-refractivity contribution >= 4 is 41.5 Å². The lowest BCUT2D eigenvalue weighted by molar-refractivity contribution is -0.141. The third-order valence-corrected chi connectivity index (χ3v) is 13.7. The normalized spacial score (nSPS) is 14.4. The first-order valence-electron chi connectivity index (χ1n) is 21.6. The van der Waals surface area contributed by atoms with Gasteiger partial charge in [-0.25, -0.2) is 4.79 Å². The molecule has 2 aliphatic rings. The number of nitrogens with one attached hydrogen (secondary N) is 4. The number of hydrogen-bond acceptors (Lipinski definition) is 8. The molecule has 0 spiro atoms. The van der Waals surface area contributed by atoms with Crippen molar-refractivity contribution in [1.82, 2.24) is 21.3 Å². The van der Waals surface area contributed by atoms with Crippen LogP contribution in [-0.2, 0) is 39.8 Å². The number of carbonyl (C=O) groups excluding carboxylic acids is 5. The summed E-state index contributed by atoms with van der Waals surface area (Å²) in [6.45, 7) is -0.318. The van der Waals surface area contributed by atoms with E-state index in [1.54, 1.807) is 0 Å². The summed E-state index contributed by atoms with van der Waals surface area (Å²) in [4.78, 5) is 68.6. The van der Waals surface area contributed by atoms with Gasteiger partial charge in [-0.3, -0.25) is 19.2 Å². The highest BCUT2D eigenvalue weighted by molar-refractivity contribution is 8.00. The van der Waals surface area contributed by atoms with Crippen LogP contribution in [0.15, 0.2) is 170 Å². The third kappa shape index (κ3) is 9.98. The van der Waals surface area contributed by atoms with Gasteiger partial charge in [0.1, 0.15) is 30.8 Å². The molecule has 0 heterocycles. The lowest BCUT2D eigenvalue weighted by Crippen LogP contribution is -2.59. The molecule has 8 rings (SSSR count). The zero-order valence-electron chi connectivity index (χ0n) is 35.9. The molecule has 65 heavy (non-hydrogen) atoms. The van der Waals surface area contributed by atoms with E-state index in [2.05, 4.69) is 33.4 Å². The van der Waals surface area contributed by atoms with Gasteiger partial charge in [0.15, 0.2) is 0 Å². The van der Waals surface area contributed by atoms with Crippen LogP contribution in [0.1, 0.15) is 52.1 Å². The van der Waals surface area contributed by atoms with Gasteiger partial charge in [0.05, 0.1) is 11.9 Å². The molecule has 4 N–H and O–H groups in total. The molecular weight excluding hydrogens is 837 g/mol. The Balaban J connectivity index is 1.09. The monoisotopic (exact) mass is 886 g/mol. The zero-order valence-corrected chi connectivity index (χ0v) is 36.7. The van der Waals surface area contributed by atoms with Crippen LogP contribution in [0, 0.1) is 0 Å². The first kappa shape index (κ1) is 44.4. The minimum atomic E-state index is -1.28. The Bertz CT molecular complexity index is 2490. The second-order valence-electron chi connectivity index (χ2n) is 16.2. The smallest absolute Gasteiger partial charge is 0.407 e. The Morgan fingerprint density at radius 3 is 1.63 bits per heavy atom. The number of carbonyl (C=O) groups is 5. The predicted octanol–water partition coefficient (Wildman–Crippen LogP) is 7.28. The Labute approximate surface area is 382 Å². The highest BCUT2D eigenvalue weighted by Gasteiger charge is 2.52. The van der Waals surface area contributed by atoms with Gasteiger partial charge in [-0.05, 0) is 57.3 Å². The van der Waals surface area contributed by atoms with E-state index in [9.17, 15) is 24.0 Å². The van der Waals surface area contributed by atoms with E-state index in [4.69, 9.17) is 9.47 Å².